The minimum atomic E-state index is -0.381. The van der Waals surface area contributed by atoms with E-state index in [0.717, 1.165) is 16.8 Å². The Morgan fingerprint density at radius 2 is 1.83 bits per heavy atom. The zero-order chi connectivity index (χ0) is 16.4. The fourth-order valence-corrected chi connectivity index (χ4v) is 3.16. The molecule has 2 heterocycles. The molecule has 0 unspecified atom stereocenters. The monoisotopic (exact) mass is 335 g/mol. The Morgan fingerprint density at radius 1 is 1.04 bits per heavy atom. The molecule has 0 saturated carbocycles. The molecule has 4 aromatic rings. The van der Waals surface area contributed by atoms with Gasteiger partial charge in [-0.2, -0.15) is 0 Å². The highest BCUT2D eigenvalue weighted by molar-refractivity contribution is 7.99. The van der Waals surface area contributed by atoms with Crippen molar-refractivity contribution in [2.45, 2.75) is 16.5 Å². The van der Waals surface area contributed by atoms with Gasteiger partial charge >= 0.3 is 5.63 Å². The van der Waals surface area contributed by atoms with Crippen molar-refractivity contribution in [3.05, 3.63) is 82.5 Å². The molecule has 0 bridgehead atoms. The molecule has 1 N–H and O–H groups in total. The van der Waals surface area contributed by atoms with Gasteiger partial charge in [0.05, 0.1) is 0 Å². The van der Waals surface area contributed by atoms with E-state index in [9.17, 15) is 4.79 Å². The average Bonchev–Trinajstić information content (AvgIpc) is 3.03. The van der Waals surface area contributed by atoms with Crippen molar-refractivity contribution in [2.75, 3.05) is 0 Å². The van der Waals surface area contributed by atoms with Gasteiger partial charge in [0.1, 0.15) is 16.3 Å². The number of benzene rings is 2. The van der Waals surface area contributed by atoms with Crippen molar-refractivity contribution < 1.29 is 4.42 Å². The molecule has 5 nitrogen and oxygen atoms in total. The number of aromatic nitrogens is 3. The van der Waals surface area contributed by atoms with Crippen molar-refractivity contribution in [2.24, 2.45) is 0 Å². The van der Waals surface area contributed by atoms with Crippen LogP contribution in [0.15, 0.2) is 79.9 Å². The first-order valence-electron chi connectivity index (χ1n) is 7.44. The summed E-state index contributed by atoms with van der Waals surface area (Å²) in [6.07, 6.45) is 0.667. The minimum Gasteiger partial charge on any atom is -0.422 e. The molecule has 0 saturated heterocycles. The van der Waals surface area contributed by atoms with Crippen LogP contribution in [0.1, 0.15) is 11.4 Å². The van der Waals surface area contributed by atoms with Gasteiger partial charge in [0.2, 0.25) is 5.16 Å². The van der Waals surface area contributed by atoms with Crippen molar-refractivity contribution in [3.8, 4) is 0 Å². The van der Waals surface area contributed by atoms with E-state index in [4.69, 9.17) is 4.42 Å². The van der Waals surface area contributed by atoms with E-state index in [2.05, 4.69) is 15.2 Å². The minimum absolute atomic E-state index is 0.381. The number of fused-ring (bicyclic) bond motifs is 1. The number of nitrogens with zero attached hydrogens (tertiary/aromatic N) is 2. The quantitative estimate of drug-likeness (QED) is 0.576. The molecule has 0 fully saturated rings. The van der Waals surface area contributed by atoms with E-state index in [1.165, 1.54) is 11.8 Å². The number of hydrogen-bond donors (Lipinski definition) is 1. The van der Waals surface area contributed by atoms with E-state index in [1.54, 1.807) is 12.1 Å². The first kappa shape index (κ1) is 14.7. The van der Waals surface area contributed by atoms with Gasteiger partial charge in [-0.15, -0.1) is 5.10 Å². The van der Waals surface area contributed by atoms with Crippen LogP contribution in [0.4, 0.5) is 0 Å². The predicted molar refractivity (Wildman–Crippen MR) is 92.2 cm³/mol. The summed E-state index contributed by atoms with van der Waals surface area (Å²) in [4.78, 5) is 17.0. The van der Waals surface area contributed by atoms with E-state index in [-0.39, 0.29) is 5.63 Å². The van der Waals surface area contributed by atoms with E-state index >= 15 is 0 Å². The first-order chi connectivity index (χ1) is 11.8. The van der Waals surface area contributed by atoms with Crippen molar-refractivity contribution >= 4 is 22.7 Å². The number of hydrogen-bond acceptors (Lipinski definition) is 5. The van der Waals surface area contributed by atoms with Crippen LogP contribution in [0, 0.1) is 0 Å². The van der Waals surface area contributed by atoms with Crippen LogP contribution in [-0.2, 0) is 6.42 Å². The van der Waals surface area contributed by atoms with Gasteiger partial charge in [-0.1, -0.05) is 48.5 Å². The van der Waals surface area contributed by atoms with Crippen LogP contribution < -0.4 is 5.63 Å². The lowest BCUT2D eigenvalue weighted by Crippen LogP contribution is -2.01. The Morgan fingerprint density at radius 3 is 2.71 bits per heavy atom. The summed E-state index contributed by atoms with van der Waals surface area (Å²) in [7, 11) is 0. The molecule has 24 heavy (non-hydrogen) atoms. The highest BCUT2D eigenvalue weighted by atomic mass is 32.2. The second-order valence-electron chi connectivity index (χ2n) is 5.27. The molecule has 0 atom stereocenters. The molecule has 4 rings (SSSR count). The van der Waals surface area contributed by atoms with Crippen LogP contribution in [0.3, 0.4) is 0 Å². The summed E-state index contributed by atoms with van der Waals surface area (Å²) in [6.45, 7) is 0. The maximum Gasteiger partial charge on any atom is 0.350 e. The maximum absolute atomic E-state index is 12.1. The molecule has 0 aliphatic rings. The number of H-pyrrole nitrogens is 1. The largest absolute Gasteiger partial charge is 0.422 e. The molecule has 118 valence electrons. The van der Waals surface area contributed by atoms with Crippen molar-refractivity contribution in [3.63, 3.8) is 0 Å². The van der Waals surface area contributed by atoms with Gasteiger partial charge in [-0.05, 0) is 29.5 Å². The zero-order valence-corrected chi connectivity index (χ0v) is 13.4. The second-order valence-corrected chi connectivity index (χ2v) is 6.27. The zero-order valence-electron chi connectivity index (χ0n) is 12.6. The van der Waals surface area contributed by atoms with Gasteiger partial charge in [-0.3, -0.25) is 5.10 Å². The molecule has 0 aliphatic carbocycles. The summed E-state index contributed by atoms with van der Waals surface area (Å²) in [5, 5.41) is 8.47. The summed E-state index contributed by atoms with van der Waals surface area (Å²) in [5.74, 6) is 0.758. The van der Waals surface area contributed by atoms with Crippen molar-refractivity contribution in [1.29, 1.82) is 0 Å². The van der Waals surface area contributed by atoms with Gasteiger partial charge in [0, 0.05) is 11.8 Å². The van der Waals surface area contributed by atoms with Gasteiger partial charge < -0.3 is 4.42 Å². The van der Waals surface area contributed by atoms with Crippen LogP contribution in [0.2, 0.25) is 0 Å². The van der Waals surface area contributed by atoms with E-state index in [1.807, 2.05) is 48.5 Å². The first-order valence-corrected chi connectivity index (χ1v) is 8.25. The van der Waals surface area contributed by atoms with Gasteiger partial charge in [-0.25, -0.2) is 9.78 Å². The standard InChI is InChI=1S/C18H13N3O2S/c22-17-15(11-13-8-4-5-9-14(13)23-17)24-18-19-16(20-21-18)10-12-6-2-1-3-7-12/h1-9,11H,10H2,(H,19,20,21). The van der Waals surface area contributed by atoms with Crippen molar-refractivity contribution in [1.82, 2.24) is 15.2 Å². The number of rotatable bonds is 4. The third-order valence-electron chi connectivity index (χ3n) is 3.54. The van der Waals surface area contributed by atoms with E-state index < -0.39 is 0 Å². The molecule has 0 radical (unpaired) electrons. The number of nitrogens with one attached hydrogen (secondary N) is 1. The lowest BCUT2D eigenvalue weighted by atomic mass is 10.1. The molecular weight excluding hydrogens is 322 g/mol. The Kier molecular flexibility index (Phi) is 3.88. The molecular formula is C18H13N3O2S. The number of para-hydroxylation sites is 1. The van der Waals surface area contributed by atoms with Gasteiger partial charge in [0.25, 0.3) is 0 Å². The predicted octanol–water partition coefficient (Wildman–Crippen LogP) is 3.65. The third-order valence-corrected chi connectivity index (χ3v) is 4.41. The molecule has 2 aromatic heterocycles. The SMILES string of the molecule is O=c1oc2ccccc2cc1Sc1n[nH]c(Cc2ccccc2)n1. The molecule has 0 spiro atoms. The van der Waals surface area contributed by atoms with Crippen LogP contribution in [-0.4, -0.2) is 15.2 Å². The fourth-order valence-electron chi connectivity index (χ4n) is 2.40. The Balaban J connectivity index is 1.58. The van der Waals surface area contributed by atoms with Crippen LogP contribution in [0.25, 0.3) is 11.0 Å². The second kappa shape index (κ2) is 6.33. The summed E-state index contributed by atoms with van der Waals surface area (Å²) in [5.41, 5.74) is 1.34. The number of aromatic amines is 1. The summed E-state index contributed by atoms with van der Waals surface area (Å²) in [6, 6.07) is 19.2. The smallest absolute Gasteiger partial charge is 0.350 e. The van der Waals surface area contributed by atoms with Crippen LogP contribution >= 0.6 is 11.8 Å². The lowest BCUT2D eigenvalue weighted by molar-refractivity contribution is 0.543. The Bertz CT molecular complexity index is 1040. The van der Waals surface area contributed by atoms with E-state index in [0.29, 0.717) is 22.1 Å². The molecule has 0 aliphatic heterocycles. The van der Waals surface area contributed by atoms with Crippen LogP contribution in [0.5, 0.6) is 0 Å². The normalized spacial score (nSPS) is 11.0. The lowest BCUT2D eigenvalue weighted by Gasteiger charge is -1.99. The topological polar surface area (TPSA) is 71.8 Å². The molecule has 2 aromatic carbocycles. The van der Waals surface area contributed by atoms with Gasteiger partial charge in [0.15, 0.2) is 0 Å². The Hall–Kier alpha value is -2.86. The average molecular weight is 335 g/mol. The summed E-state index contributed by atoms with van der Waals surface area (Å²) < 4.78 is 5.33. The fraction of sp³-hybridized carbons (Fsp3) is 0.0556. The maximum atomic E-state index is 12.1. The Labute approximate surface area is 141 Å². The highest BCUT2D eigenvalue weighted by Crippen LogP contribution is 2.24. The molecule has 6 heteroatoms. The third kappa shape index (κ3) is 3.09. The summed E-state index contributed by atoms with van der Waals surface area (Å²) >= 11 is 1.20. The highest BCUT2D eigenvalue weighted by Gasteiger charge is 2.11. The molecule has 0 amide bonds.